The Morgan fingerprint density at radius 1 is 1.46 bits per heavy atom. The number of aliphatic imine (C=N–C) groups is 1. The predicted molar refractivity (Wildman–Crippen MR) is 140 cm³/mol. The number of ether oxygens (including phenoxy) is 2. The van der Waals surface area contributed by atoms with Crippen molar-refractivity contribution < 1.29 is 13.9 Å². The average Bonchev–Trinajstić information content (AvgIpc) is 2.85. The van der Waals surface area contributed by atoms with Crippen molar-refractivity contribution in [1.29, 1.82) is 0 Å². The van der Waals surface area contributed by atoms with E-state index in [1.54, 1.807) is 26.4 Å². The van der Waals surface area contributed by atoms with E-state index in [1.165, 1.54) is 18.2 Å². The fourth-order valence-corrected chi connectivity index (χ4v) is 4.50. The van der Waals surface area contributed by atoms with E-state index in [-0.39, 0.29) is 21.6 Å². The minimum Gasteiger partial charge on any atom is -0.496 e. The van der Waals surface area contributed by atoms with Crippen LogP contribution in [0.2, 0.25) is 10.0 Å². The summed E-state index contributed by atoms with van der Waals surface area (Å²) < 4.78 is 25.3. The summed E-state index contributed by atoms with van der Waals surface area (Å²) in [6.07, 6.45) is 4.61. The van der Waals surface area contributed by atoms with E-state index in [0.29, 0.717) is 18.0 Å². The molecule has 2 heterocycles. The molecule has 1 fully saturated rings. The zero-order valence-electron chi connectivity index (χ0n) is 20.0. The zero-order valence-corrected chi connectivity index (χ0v) is 21.5. The Hall–Kier alpha value is -2.81. The molecule has 0 amide bonds. The summed E-state index contributed by atoms with van der Waals surface area (Å²) in [6, 6.07) is 4.90. The van der Waals surface area contributed by atoms with Crippen LogP contribution in [0.25, 0.3) is 0 Å². The van der Waals surface area contributed by atoms with Crippen molar-refractivity contribution in [3.05, 3.63) is 75.6 Å². The van der Waals surface area contributed by atoms with Gasteiger partial charge in [0, 0.05) is 66.7 Å². The van der Waals surface area contributed by atoms with Gasteiger partial charge in [-0.1, -0.05) is 29.8 Å². The molecule has 1 saturated heterocycles. The number of benzene rings is 1. The van der Waals surface area contributed by atoms with Gasteiger partial charge in [-0.15, -0.1) is 0 Å². The average molecular weight is 522 g/mol. The molecule has 1 aliphatic heterocycles. The first-order valence-corrected chi connectivity index (χ1v) is 12.0. The third kappa shape index (κ3) is 6.45. The van der Waals surface area contributed by atoms with Crippen molar-refractivity contribution in [3.63, 3.8) is 0 Å². The Morgan fingerprint density at radius 2 is 2.23 bits per heavy atom. The second-order valence-corrected chi connectivity index (χ2v) is 8.87. The molecule has 1 aromatic heterocycles. The van der Waals surface area contributed by atoms with Gasteiger partial charge in [0.2, 0.25) is 0 Å². The fraction of sp³-hybridized carbons (Fsp3) is 0.360. The van der Waals surface area contributed by atoms with Gasteiger partial charge in [-0.3, -0.25) is 0 Å². The lowest BCUT2D eigenvalue weighted by Gasteiger charge is -2.35. The number of halogens is 3. The number of nitrogens with two attached hydrogens (primary N) is 1. The highest BCUT2D eigenvalue weighted by Crippen LogP contribution is 2.35. The van der Waals surface area contributed by atoms with Crippen LogP contribution in [0, 0.1) is 5.82 Å². The normalized spacial score (nSPS) is 17.8. The molecule has 3 rings (SSSR count). The summed E-state index contributed by atoms with van der Waals surface area (Å²) in [6.45, 7) is 10.3. The minimum atomic E-state index is -0.684. The van der Waals surface area contributed by atoms with Gasteiger partial charge in [-0.25, -0.2) is 14.4 Å². The summed E-state index contributed by atoms with van der Waals surface area (Å²) in [5.74, 6) is 1.34. The van der Waals surface area contributed by atoms with Crippen molar-refractivity contribution in [3.8, 4) is 5.75 Å². The number of methoxy groups -OCH3 is 1. The van der Waals surface area contributed by atoms with Gasteiger partial charge in [0.05, 0.1) is 12.1 Å². The maximum absolute atomic E-state index is 13.9. The molecule has 0 saturated carbocycles. The molecular formula is C25H30Cl2FN5O2. The molecule has 2 unspecified atom stereocenters. The largest absolute Gasteiger partial charge is 0.496 e. The van der Waals surface area contributed by atoms with E-state index >= 15 is 0 Å². The van der Waals surface area contributed by atoms with Gasteiger partial charge < -0.3 is 25.4 Å². The second-order valence-electron chi connectivity index (χ2n) is 8.09. The summed E-state index contributed by atoms with van der Waals surface area (Å²) in [7, 11) is 1.63. The predicted octanol–water partition coefficient (Wildman–Crippen LogP) is 5.04. The van der Waals surface area contributed by atoms with Crippen LogP contribution in [-0.4, -0.2) is 44.0 Å². The van der Waals surface area contributed by atoms with Crippen molar-refractivity contribution >= 4 is 35.2 Å². The van der Waals surface area contributed by atoms with Crippen molar-refractivity contribution in [1.82, 2.24) is 10.3 Å². The lowest BCUT2D eigenvalue weighted by atomic mass is 10.1. The maximum atomic E-state index is 13.9. The van der Waals surface area contributed by atoms with Crippen molar-refractivity contribution in [2.75, 3.05) is 31.6 Å². The highest BCUT2D eigenvalue weighted by molar-refractivity contribution is 6.36. The highest BCUT2D eigenvalue weighted by Gasteiger charge is 2.21. The number of allylic oxidation sites excluding steroid dienone is 1. The summed E-state index contributed by atoms with van der Waals surface area (Å²) in [5.41, 5.74) is 7.30. The molecular weight excluding hydrogens is 492 g/mol. The summed E-state index contributed by atoms with van der Waals surface area (Å²) in [5, 5.41) is 3.56. The monoisotopic (exact) mass is 521 g/mol. The van der Waals surface area contributed by atoms with Crippen LogP contribution < -0.4 is 20.7 Å². The lowest BCUT2D eigenvalue weighted by Crippen LogP contribution is -2.50. The standard InChI is InChI=1S/C25H30Cl2FN5O2/c1-5-20(35-16(3)23-18(26)6-7-19(28)24(23)27)25(29)31-9-8-17-14-32-22(12-21(17)34-4)33-11-10-30-13-15(33)2/h5-7,9,12,14-16,30H,1,8,10-11,13,29H2,2-4H3/b25-20+,31-9-. The SMILES string of the molecule is C=C/C(OC(C)c1c(Cl)ccc(F)c1Cl)=C(N)\N=C/Cc1cnc(N2CCNCC2C)cc1OC. The van der Waals surface area contributed by atoms with E-state index in [9.17, 15) is 4.39 Å². The molecule has 188 valence electrons. The van der Waals surface area contributed by atoms with Crippen LogP contribution in [0.15, 0.2) is 53.6 Å². The molecule has 3 N–H and O–H groups in total. The molecule has 2 atom stereocenters. The van der Waals surface area contributed by atoms with E-state index in [0.717, 1.165) is 36.8 Å². The van der Waals surface area contributed by atoms with Crippen LogP contribution in [-0.2, 0) is 11.2 Å². The molecule has 35 heavy (non-hydrogen) atoms. The topological polar surface area (TPSA) is 85.0 Å². The summed E-state index contributed by atoms with van der Waals surface area (Å²) >= 11 is 12.3. The van der Waals surface area contributed by atoms with Gasteiger partial charge in [0.25, 0.3) is 0 Å². The van der Waals surface area contributed by atoms with Crippen LogP contribution in [0.5, 0.6) is 5.75 Å². The number of anilines is 1. The molecule has 10 heteroatoms. The van der Waals surface area contributed by atoms with Crippen LogP contribution in [0.1, 0.15) is 31.1 Å². The molecule has 0 bridgehead atoms. The van der Waals surface area contributed by atoms with Crippen LogP contribution >= 0.6 is 23.2 Å². The number of hydrogen-bond donors (Lipinski definition) is 2. The highest BCUT2D eigenvalue weighted by atomic mass is 35.5. The van der Waals surface area contributed by atoms with E-state index in [1.807, 2.05) is 6.07 Å². The lowest BCUT2D eigenvalue weighted by molar-refractivity contribution is 0.140. The second kappa shape index (κ2) is 12.2. The Kier molecular flexibility index (Phi) is 9.37. The summed E-state index contributed by atoms with van der Waals surface area (Å²) in [4.78, 5) is 11.2. The van der Waals surface area contributed by atoms with Gasteiger partial charge in [-0.05, 0) is 32.1 Å². The zero-order chi connectivity index (χ0) is 25.5. The van der Waals surface area contributed by atoms with Gasteiger partial charge in [-0.2, -0.15) is 0 Å². The minimum absolute atomic E-state index is 0.103. The Bertz CT molecular complexity index is 1130. The first kappa shape index (κ1) is 26.8. The number of aromatic nitrogens is 1. The van der Waals surface area contributed by atoms with E-state index in [4.69, 9.17) is 38.4 Å². The number of piperazine rings is 1. The van der Waals surface area contributed by atoms with E-state index in [2.05, 4.69) is 33.7 Å². The number of rotatable bonds is 9. The molecule has 0 radical (unpaired) electrons. The van der Waals surface area contributed by atoms with Crippen LogP contribution in [0.4, 0.5) is 10.2 Å². The molecule has 0 spiro atoms. The third-order valence-electron chi connectivity index (χ3n) is 5.71. The van der Waals surface area contributed by atoms with Gasteiger partial charge >= 0.3 is 0 Å². The smallest absolute Gasteiger partial charge is 0.165 e. The first-order valence-electron chi connectivity index (χ1n) is 11.2. The Morgan fingerprint density at radius 3 is 2.91 bits per heavy atom. The number of hydrogen-bond acceptors (Lipinski definition) is 7. The number of pyridine rings is 1. The molecule has 7 nitrogen and oxygen atoms in total. The Labute approximate surface area is 215 Å². The first-order chi connectivity index (χ1) is 16.8. The molecule has 2 aromatic rings. The fourth-order valence-electron chi connectivity index (χ4n) is 3.82. The van der Waals surface area contributed by atoms with Gasteiger partial charge in [0.1, 0.15) is 23.5 Å². The molecule has 1 aliphatic rings. The van der Waals surface area contributed by atoms with Gasteiger partial charge in [0.15, 0.2) is 11.6 Å². The molecule has 0 aliphatic carbocycles. The van der Waals surface area contributed by atoms with Crippen molar-refractivity contribution in [2.24, 2.45) is 10.7 Å². The number of nitrogens with zero attached hydrogens (tertiary/aromatic N) is 3. The third-order valence-corrected chi connectivity index (χ3v) is 6.43. The quantitative estimate of drug-likeness (QED) is 0.208. The number of nitrogens with one attached hydrogen (secondary N) is 1. The molecule has 1 aromatic carbocycles. The maximum Gasteiger partial charge on any atom is 0.165 e. The van der Waals surface area contributed by atoms with Crippen molar-refractivity contribution in [2.45, 2.75) is 32.4 Å². The Balaban J connectivity index is 1.73. The van der Waals surface area contributed by atoms with Crippen LogP contribution in [0.3, 0.4) is 0 Å². The van der Waals surface area contributed by atoms with E-state index < -0.39 is 11.9 Å².